The first-order chi connectivity index (χ1) is 47.1. The van der Waals surface area contributed by atoms with E-state index in [0.29, 0.717) is 89.1 Å². The molecule has 0 spiro atoms. The van der Waals surface area contributed by atoms with Crippen LogP contribution in [0.25, 0.3) is 0 Å². The number of hydrogen-bond acceptors (Lipinski definition) is 27. The summed E-state index contributed by atoms with van der Waals surface area (Å²) in [6, 6.07) is 1.11. The molecule has 0 atom stereocenters. The Labute approximate surface area is 630 Å². The second kappa shape index (κ2) is 47.5. The summed E-state index contributed by atoms with van der Waals surface area (Å²) in [4.78, 5) is 95.6. The largest absolute Gasteiger partial charge is 0.466 e. The molecule has 0 N–H and O–H groups in total. The summed E-state index contributed by atoms with van der Waals surface area (Å²) in [5.41, 5.74) is 0. The first-order valence-corrected chi connectivity index (χ1v) is 70.7. The normalized spacial score (nSPS) is 13.2. The summed E-state index contributed by atoms with van der Waals surface area (Å²) in [7, 11) is -33.5. The van der Waals surface area contributed by atoms with Gasteiger partial charge >= 0.3 is 133 Å². The molecule has 0 bridgehead atoms. The summed E-state index contributed by atoms with van der Waals surface area (Å²) in [5.74, 6) is -3.07. The number of carbonyl (C=O) groups excluding carboxylic acids is 8. The maximum absolute atomic E-state index is 12.8. The van der Waals surface area contributed by atoms with E-state index in [1.165, 1.54) is 0 Å². The van der Waals surface area contributed by atoms with Crippen molar-refractivity contribution in [1.29, 1.82) is 0 Å². The molecular formula is C64H134O27Si12. The minimum atomic E-state index is -2.91. The zero-order valence-electron chi connectivity index (χ0n) is 67.4. The van der Waals surface area contributed by atoms with E-state index in [1.807, 2.05) is 131 Å². The highest BCUT2D eigenvalue weighted by Crippen LogP contribution is 2.33. The van der Waals surface area contributed by atoms with Crippen molar-refractivity contribution in [2.24, 2.45) is 0 Å². The van der Waals surface area contributed by atoms with Crippen LogP contribution in [0.4, 0.5) is 0 Å². The Morgan fingerprint density at radius 2 is 0.379 bits per heavy atom. The van der Waals surface area contributed by atoms with E-state index in [-0.39, 0.29) is 127 Å². The van der Waals surface area contributed by atoms with Crippen LogP contribution in [0.15, 0.2) is 25.3 Å². The summed E-state index contributed by atoms with van der Waals surface area (Å²) >= 11 is 0. The van der Waals surface area contributed by atoms with Crippen LogP contribution in [0.1, 0.15) is 116 Å². The van der Waals surface area contributed by atoms with Gasteiger partial charge in [-0.25, -0.2) is 9.59 Å². The molecule has 0 aromatic carbocycles. The molecule has 0 rings (SSSR count). The average Bonchev–Trinajstić information content (AvgIpc) is 0.806. The SMILES string of the molecule is C=CC(=O)OCCOC(=O)CCCCCOC(=O)CCCCCOC(=O)CC[Si](C)(C)O[Si](C)(C)O[Si](C)(C)O[Si](C)(C)O[Si](C)(C)O[Si](C)(C)O[Si](C)(C)O[Si](C)(C)O[Si](C)(C)O[Si](C)(C)O[Si](C)(C)O[Si](C)(C)CCC(=O)OCCCCCC(=O)OCCCCCC(=O)OCCOC(=O)C=C. The molecule has 0 heterocycles. The molecule has 600 valence electrons. The molecule has 0 unspecified atom stereocenters. The monoisotopic (exact) mass is 1670 g/mol. The molecule has 0 aliphatic rings. The predicted molar refractivity (Wildman–Crippen MR) is 423 cm³/mol. The Morgan fingerprint density at radius 1 is 0.214 bits per heavy atom. The number of esters is 8. The first-order valence-electron chi connectivity index (χ1n) is 36.3. The predicted octanol–water partition coefficient (Wildman–Crippen LogP) is 14.3. The fraction of sp³-hybridized carbons (Fsp3) is 0.812. The van der Waals surface area contributed by atoms with Crippen molar-refractivity contribution in [3.8, 4) is 0 Å². The Kier molecular flexibility index (Phi) is 46.3. The molecule has 27 nitrogen and oxygen atoms in total. The van der Waals surface area contributed by atoms with Gasteiger partial charge in [0.25, 0.3) is 0 Å². The molecule has 0 radical (unpaired) electrons. The van der Waals surface area contributed by atoms with E-state index >= 15 is 0 Å². The van der Waals surface area contributed by atoms with E-state index in [9.17, 15) is 38.4 Å². The number of hydrogen-bond donors (Lipinski definition) is 0. The average molecular weight is 1670 g/mol. The van der Waals surface area contributed by atoms with Gasteiger partial charge in [-0.2, -0.15) is 0 Å². The highest BCUT2D eigenvalue weighted by Gasteiger charge is 2.52. The van der Waals surface area contributed by atoms with Crippen LogP contribution in [0.3, 0.4) is 0 Å². The molecule has 103 heavy (non-hydrogen) atoms. The lowest BCUT2D eigenvalue weighted by Crippen LogP contribution is -2.62. The molecule has 39 heteroatoms. The van der Waals surface area contributed by atoms with Gasteiger partial charge in [0, 0.05) is 50.7 Å². The van der Waals surface area contributed by atoms with E-state index in [4.69, 9.17) is 83.2 Å². The highest BCUT2D eigenvalue weighted by molar-refractivity contribution is 6.94. The van der Waals surface area contributed by atoms with Crippen molar-refractivity contribution >= 4 is 150 Å². The van der Waals surface area contributed by atoms with Crippen molar-refractivity contribution in [3.63, 3.8) is 0 Å². The number of carbonyl (C=O) groups is 8. The van der Waals surface area contributed by atoms with Crippen LogP contribution >= 0.6 is 0 Å². The lowest BCUT2D eigenvalue weighted by atomic mass is 10.2. The van der Waals surface area contributed by atoms with Crippen LogP contribution in [-0.2, 0) is 122 Å². The van der Waals surface area contributed by atoms with Gasteiger partial charge in [-0.05, 0) is 246 Å². The molecule has 0 amide bonds. The van der Waals surface area contributed by atoms with Crippen LogP contribution in [-0.4, -0.2) is 203 Å². The Morgan fingerprint density at radius 3 is 0.573 bits per heavy atom. The minimum Gasteiger partial charge on any atom is -0.466 e. The van der Waals surface area contributed by atoms with Gasteiger partial charge in [0.1, 0.15) is 26.4 Å². The molecular weight excluding hydrogens is 1540 g/mol. The van der Waals surface area contributed by atoms with Crippen molar-refractivity contribution in [3.05, 3.63) is 25.3 Å². The third kappa shape index (κ3) is 56.3. The number of rotatable bonds is 60. The van der Waals surface area contributed by atoms with Crippen LogP contribution in [0.2, 0.25) is 169 Å². The van der Waals surface area contributed by atoms with Gasteiger partial charge in [-0.3, -0.25) is 28.8 Å². The summed E-state index contributed by atoms with van der Waals surface area (Å²) < 4.78 is 117. The van der Waals surface area contributed by atoms with E-state index in [2.05, 4.69) is 39.3 Å². The Balaban J connectivity index is 4.95. The second-order valence-electron chi connectivity index (χ2n) is 30.9. The fourth-order valence-corrected chi connectivity index (χ4v) is 73.0. The van der Waals surface area contributed by atoms with Gasteiger partial charge in [-0.15, -0.1) is 0 Å². The van der Waals surface area contributed by atoms with Gasteiger partial charge < -0.3 is 83.2 Å². The molecule has 0 saturated heterocycles. The summed E-state index contributed by atoms with van der Waals surface area (Å²) in [6.07, 6.45) is 11.2. The van der Waals surface area contributed by atoms with Crippen molar-refractivity contribution < 1.29 is 122 Å². The third-order valence-corrected chi connectivity index (χ3v) is 60.7. The van der Waals surface area contributed by atoms with E-state index < -0.39 is 114 Å². The summed E-state index contributed by atoms with van der Waals surface area (Å²) in [6.45, 7) is 56.1. The zero-order valence-corrected chi connectivity index (χ0v) is 79.4. The standard InChI is InChI=1S/C64H134O27Si12/c1-27-57(65)77-51-53-79-61(69)43-35-31-37-47-73-59(67)41-33-29-39-49-75-63(71)45-55-92(3,4)81-94(7,8)83-96(11,12)85-98(15,16)87-100(19,20)89-102(23,24)91-103(25,26)90-101(21,22)88-99(17,18)86-97(13,14)84-95(9,10)82-93(5,6)56-46-64(72)76-50-40-30-34-42-60(68)74-48-38-32-36-44-62(70)80-54-52-78-58(66)28-2/h27-28H,1-2,29-56H2,3-26H3. The quantitative estimate of drug-likeness (QED) is 0.0179. The first kappa shape index (κ1) is 100. The van der Waals surface area contributed by atoms with Gasteiger partial charge in [-0.1, -0.05) is 13.2 Å². The van der Waals surface area contributed by atoms with Gasteiger partial charge in [0.05, 0.1) is 26.4 Å². The molecule has 0 saturated carbocycles. The topological polar surface area (TPSA) is 312 Å². The zero-order chi connectivity index (χ0) is 79.3. The second-order valence-corrected chi connectivity index (χ2v) is 76.0. The Hall–Kier alpha value is -2.60. The molecule has 0 aliphatic heterocycles. The maximum atomic E-state index is 12.8. The number of ether oxygens (including phenoxy) is 8. The highest BCUT2D eigenvalue weighted by atomic mass is 28.5. The third-order valence-electron chi connectivity index (χ3n) is 14.0. The van der Waals surface area contributed by atoms with Crippen LogP contribution in [0.5, 0.6) is 0 Å². The van der Waals surface area contributed by atoms with Crippen LogP contribution in [0, 0.1) is 0 Å². The smallest absolute Gasteiger partial charge is 0.330 e. The lowest BCUT2D eigenvalue weighted by Gasteiger charge is -2.45. The molecule has 0 aromatic heterocycles. The maximum Gasteiger partial charge on any atom is 0.330 e. The van der Waals surface area contributed by atoms with E-state index in [1.54, 1.807) is 0 Å². The lowest BCUT2D eigenvalue weighted by molar-refractivity contribution is -0.149. The fourth-order valence-electron chi connectivity index (χ4n) is 11.9. The van der Waals surface area contributed by atoms with Crippen molar-refractivity contribution in [2.45, 2.75) is 285 Å². The van der Waals surface area contributed by atoms with Crippen molar-refractivity contribution in [2.75, 3.05) is 52.9 Å². The Bertz CT molecular complexity index is 2450. The summed E-state index contributed by atoms with van der Waals surface area (Å²) in [5, 5.41) is 0. The molecule has 0 aromatic rings. The molecule has 0 fully saturated rings. The van der Waals surface area contributed by atoms with Gasteiger partial charge in [0.2, 0.25) is 0 Å². The van der Waals surface area contributed by atoms with E-state index in [0.717, 1.165) is 12.2 Å². The van der Waals surface area contributed by atoms with Gasteiger partial charge in [0.15, 0.2) is 16.6 Å². The van der Waals surface area contributed by atoms with Crippen LogP contribution < -0.4 is 0 Å². The van der Waals surface area contributed by atoms with Crippen molar-refractivity contribution in [1.82, 2.24) is 0 Å². The number of unbranched alkanes of at least 4 members (excludes halogenated alkanes) is 8. The minimum absolute atomic E-state index is 0.0125. The molecule has 0 aliphatic carbocycles.